The van der Waals surface area contributed by atoms with E-state index in [2.05, 4.69) is 4.90 Å². The van der Waals surface area contributed by atoms with E-state index >= 15 is 0 Å². The van der Waals surface area contributed by atoms with Crippen LogP contribution in [0.25, 0.3) is 0 Å². The molecular weight excluding hydrogens is 259 g/mol. The van der Waals surface area contributed by atoms with Crippen molar-refractivity contribution >= 4 is 11.8 Å². The Morgan fingerprint density at radius 3 is 2.15 bits per heavy atom. The lowest BCUT2D eigenvalue weighted by atomic mass is 10.2. The van der Waals surface area contributed by atoms with Crippen LogP contribution < -0.4 is 4.90 Å². The summed E-state index contributed by atoms with van der Waals surface area (Å²) in [6, 6.07) is 6.43. The number of hydrogen-bond donors (Lipinski definition) is 0. The number of halogens is 1. The summed E-state index contributed by atoms with van der Waals surface area (Å²) in [5, 5.41) is 0. The fourth-order valence-corrected chi connectivity index (χ4v) is 2.13. The predicted octanol–water partition coefficient (Wildman–Crippen LogP) is 2.88. The van der Waals surface area contributed by atoms with Gasteiger partial charge < -0.3 is 14.5 Å². The van der Waals surface area contributed by atoms with Crippen molar-refractivity contribution in [1.29, 1.82) is 0 Å². The van der Waals surface area contributed by atoms with Crippen molar-refractivity contribution in [2.45, 2.75) is 26.4 Å². The normalized spacial score (nSPS) is 16.2. The van der Waals surface area contributed by atoms with Crippen LogP contribution in [0.1, 0.15) is 20.8 Å². The van der Waals surface area contributed by atoms with Gasteiger partial charge in [0.05, 0.1) is 0 Å². The van der Waals surface area contributed by atoms with Gasteiger partial charge in [0.15, 0.2) is 0 Å². The number of rotatable bonds is 1. The predicted molar refractivity (Wildman–Crippen MR) is 76.4 cm³/mol. The summed E-state index contributed by atoms with van der Waals surface area (Å²) in [5.41, 5.74) is 0.515. The van der Waals surface area contributed by atoms with Gasteiger partial charge in [-0.15, -0.1) is 0 Å². The third kappa shape index (κ3) is 3.85. The van der Waals surface area contributed by atoms with Crippen molar-refractivity contribution < 1.29 is 13.9 Å². The highest BCUT2D eigenvalue weighted by Gasteiger charge is 2.25. The molecule has 1 saturated heterocycles. The van der Waals surface area contributed by atoms with Crippen molar-refractivity contribution in [3.05, 3.63) is 30.1 Å². The number of ether oxygens (including phenoxy) is 1. The van der Waals surface area contributed by atoms with E-state index < -0.39 is 5.60 Å². The van der Waals surface area contributed by atoms with Crippen LogP contribution >= 0.6 is 0 Å². The zero-order chi connectivity index (χ0) is 14.8. The van der Waals surface area contributed by atoms with Gasteiger partial charge in [-0.1, -0.05) is 0 Å². The molecule has 0 unspecified atom stereocenters. The molecule has 1 amide bonds. The Hall–Kier alpha value is -1.78. The molecule has 1 aliphatic rings. The first-order valence-corrected chi connectivity index (χ1v) is 6.83. The largest absolute Gasteiger partial charge is 0.444 e. The SMILES string of the molecule is CC(C)(C)OC(=O)N1CCN(c2ccc(F)cc2)CC1. The van der Waals surface area contributed by atoms with Crippen LogP contribution in [-0.4, -0.2) is 42.8 Å². The maximum atomic E-state index is 12.9. The standard InChI is InChI=1S/C15H21FN2O2/c1-15(2,3)20-14(19)18-10-8-17(9-11-18)13-6-4-12(16)5-7-13/h4-7H,8-11H2,1-3H3. The zero-order valence-electron chi connectivity index (χ0n) is 12.2. The van der Waals surface area contributed by atoms with Gasteiger partial charge in [0.2, 0.25) is 0 Å². The number of carbonyl (C=O) groups excluding carboxylic acids is 1. The van der Waals surface area contributed by atoms with Crippen LogP contribution in [-0.2, 0) is 4.74 Å². The molecular formula is C15H21FN2O2. The highest BCUT2D eigenvalue weighted by molar-refractivity contribution is 5.68. The highest BCUT2D eigenvalue weighted by atomic mass is 19.1. The topological polar surface area (TPSA) is 32.8 Å². The van der Waals surface area contributed by atoms with Gasteiger partial charge in [0.25, 0.3) is 0 Å². The molecule has 0 atom stereocenters. The average Bonchev–Trinajstić information content (AvgIpc) is 2.38. The number of anilines is 1. The van der Waals surface area contributed by atoms with Crippen molar-refractivity contribution in [1.82, 2.24) is 4.90 Å². The third-order valence-electron chi connectivity index (χ3n) is 3.12. The Morgan fingerprint density at radius 2 is 1.65 bits per heavy atom. The fraction of sp³-hybridized carbons (Fsp3) is 0.533. The van der Waals surface area contributed by atoms with Crippen LogP contribution in [0.2, 0.25) is 0 Å². The van der Waals surface area contributed by atoms with E-state index in [0.29, 0.717) is 13.1 Å². The van der Waals surface area contributed by atoms with Gasteiger partial charge >= 0.3 is 6.09 Å². The summed E-state index contributed by atoms with van der Waals surface area (Å²) in [4.78, 5) is 15.8. The van der Waals surface area contributed by atoms with E-state index in [1.54, 1.807) is 17.0 Å². The average molecular weight is 280 g/mol. The van der Waals surface area contributed by atoms with Crippen molar-refractivity contribution in [3.8, 4) is 0 Å². The summed E-state index contributed by atoms with van der Waals surface area (Å²) in [7, 11) is 0. The Morgan fingerprint density at radius 1 is 1.10 bits per heavy atom. The van der Waals surface area contributed by atoms with Crippen LogP contribution in [0.4, 0.5) is 14.9 Å². The number of piperazine rings is 1. The molecule has 5 heteroatoms. The third-order valence-corrected chi connectivity index (χ3v) is 3.12. The van der Waals surface area contributed by atoms with Crippen molar-refractivity contribution in [2.24, 2.45) is 0 Å². The zero-order valence-corrected chi connectivity index (χ0v) is 12.2. The van der Waals surface area contributed by atoms with E-state index in [4.69, 9.17) is 4.74 Å². The first-order chi connectivity index (χ1) is 9.35. The second-order valence-corrected chi connectivity index (χ2v) is 5.93. The van der Waals surface area contributed by atoms with Crippen LogP contribution in [0.15, 0.2) is 24.3 Å². The molecule has 110 valence electrons. The quantitative estimate of drug-likeness (QED) is 0.793. The minimum atomic E-state index is -0.467. The van der Waals surface area contributed by atoms with Crippen molar-refractivity contribution in [2.75, 3.05) is 31.1 Å². The molecule has 1 aromatic carbocycles. The first-order valence-electron chi connectivity index (χ1n) is 6.83. The molecule has 0 aliphatic carbocycles. The van der Waals surface area contributed by atoms with Crippen LogP contribution in [0.5, 0.6) is 0 Å². The molecule has 0 saturated carbocycles. The molecule has 2 rings (SSSR count). The summed E-state index contributed by atoms with van der Waals surface area (Å²) >= 11 is 0. The molecule has 1 aromatic rings. The van der Waals surface area contributed by atoms with Gasteiger partial charge in [-0.05, 0) is 45.0 Å². The fourth-order valence-electron chi connectivity index (χ4n) is 2.13. The van der Waals surface area contributed by atoms with Gasteiger partial charge in [-0.3, -0.25) is 0 Å². The molecule has 0 spiro atoms. The van der Waals surface area contributed by atoms with Gasteiger partial charge in [0.1, 0.15) is 11.4 Å². The molecule has 1 fully saturated rings. The van der Waals surface area contributed by atoms with E-state index in [1.807, 2.05) is 20.8 Å². The summed E-state index contributed by atoms with van der Waals surface area (Å²) in [6.07, 6.45) is -0.267. The lowest BCUT2D eigenvalue weighted by Crippen LogP contribution is -2.50. The molecule has 0 bridgehead atoms. The Balaban J connectivity index is 1.89. The lowest BCUT2D eigenvalue weighted by molar-refractivity contribution is 0.0240. The minimum Gasteiger partial charge on any atom is -0.444 e. The Kier molecular flexibility index (Phi) is 4.16. The summed E-state index contributed by atoms with van der Waals surface area (Å²) < 4.78 is 18.2. The smallest absolute Gasteiger partial charge is 0.410 e. The first kappa shape index (κ1) is 14.6. The monoisotopic (exact) mass is 280 g/mol. The second kappa shape index (κ2) is 5.69. The van der Waals surface area contributed by atoms with Crippen LogP contribution in [0.3, 0.4) is 0 Å². The number of carbonyl (C=O) groups is 1. The van der Waals surface area contributed by atoms with Gasteiger partial charge in [0, 0.05) is 31.9 Å². The maximum Gasteiger partial charge on any atom is 0.410 e. The molecule has 0 radical (unpaired) electrons. The Bertz CT molecular complexity index is 460. The maximum absolute atomic E-state index is 12.9. The van der Waals surface area contributed by atoms with Gasteiger partial charge in [-0.25, -0.2) is 9.18 Å². The van der Waals surface area contributed by atoms with E-state index in [0.717, 1.165) is 18.8 Å². The number of amides is 1. The van der Waals surface area contributed by atoms with Crippen LogP contribution in [0, 0.1) is 5.82 Å². The Labute approximate surface area is 119 Å². The van der Waals surface area contributed by atoms with E-state index in [1.165, 1.54) is 12.1 Å². The molecule has 0 N–H and O–H groups in total. The van der Waals surface area contributed by atoms with Gasteiger partial charge in [-0.2, -0.15) is 0 Å². The molecule has 20 heavy (non-hydrogen) atoms. The summed E-state index contributed by atoms with van der Waals surface area (Å²) in [6.45, 7) is 8.27. The van der Waals surface area contributed by atoms with Crippen molar-refractivity contribution in [3.63, 3.8) is 0 Å². The molecule has 1 aliphatic heterocycles. The number of nitrogens with zero attached hydrogens (tertiary/aromatic N) is 2. The lowest BCUT2D eigenvalue weighted by Gasteiger charge is -2.36. The molecule has 1 heterocycles. The molecule has 4 nitrogen and oxygen atoms in total. The van der Waals surface area contributed by atoms with E-state index in [9.17, 15) is 9.18 Å². The highest BCUT2D eigenvalue weighted by Crippen LogP contribution is 2.18. The minimum absolute atomic E-state index is 0.235. The number of benzene rings is 1. The second-order valence-electron chi connectivity index (χ2n) is 5.93. The molecule has 0 aromatic heterocycles. The number of hydrogen-bond acceptors (Lipinski definition) is 3. The van der Waals surface area contributed by atoms with E-state index in [-0.39, 0.29) is 11.9 Å². The summed E-state index contributed by atoms with van der Waals surface area (Å²) in [5.74, 6) is -0.235.